The van der Waals surface area contributed by atoms with Crippen LogP contribution >= 0.6 is 0 Å². The van der Waals surface area contributed by atoms with Crippen molar-refractivity contribution in [3.8, 4) is 0 Å². The zero-order valence-electron chi connectivity index (χ0n) is 15.3. The third kappa shape index (κ3) is 4.83. The standard InChI is InChI=1S/C20H22N4O2S/c1-3-24(15-17-9-5-4-6-10-17)20-13-12-19(21-22-20)23-27(25,26)18-11-7-8-16(2)14-18/h4-14H,3,15H2,1-2H3,(H,21,23). The average Bonchev–Trinajstić information content (AvgIpc) is 2.67. The number of aromatic nitrogens is 2. The van der Waals surface area contributed by atoms with Crippen molar-refractivity contribution in [2.24, 2.45) is 0 Å². The van der Waals surface area contributed by atoms with Crippen molar-refractivity contribution in [1.29, 1.82) is 0 Å². The molecule has 6 nitrogen and oxygen atoms in total. The van der Waals surface area contributed by atoms with Crippen molar-refractivity contribution in [2.75, 3.05) is 16.2 Å². The lowest BCUT2D eigenvalue weighted by atomic mass is 10.2. The van der Waals surface area contributed by atoms with Gasteiger partial charge in [-0.1, -0.05) is 42.5 Å². The Bertz CT molecular complexity index is 990. The molecule has 1 aromatic heterocycles. The van der Waals surface area contributed by atoms with Gasteiger partial charge in [-0.15, -0.1) is 10.2 Å². The van der Waals surface area contributed by atoms with Crippen LogP contribution in [0.2, 0.25) is 0 Å². The van der Waals surface area contributed by atoms with Crippen LogP contribution in [0.1, 0.15) is 18.1 Å². The van der Waals surface area contributed by atoms with Gasteiger partial charge in [0, 0.05) is 13.1 Å². The minimum absolute atomic E-state index is 0.191. The molecule has 0 spiro atoms. The predicted molar refractivity (Wildman–Crippen MR) is 107 cm³/mol. The van der Waals surface area contributed by atoms with E-state index < -0.39 is 10.0 Å². The Kier molecular flexibility index (Phi) is 5.71. The van der Waals surface area contributed by atoms with Crippen LogP contribution in [-0.4, -0.2) is 25.2 Å². The van der Waals surface area contributed by atoms with Crippen molar-refractivity contribution in [3.05, 3.63) is 77.9 Å². The van der Waals surface area contributed by atoms with Gasteiger partial charge in [0.05, 0.1) is 4.90 Å². The highest BCUT2D eigenvalue weighted by Gasteiger charge is 2.16. The lowest BCUT2D eigenvalue weighted by Gasteiger charge is -2.21. The minimum Gasteiger partial charge on any atom is -0.351 e. The molecule has 0 fully saturated rings. The molecule has 0 atom stereocenters. The number of hydrogen-bond acceptors (Lipinski definition) is 5. The first-order valence-electron chi connectivity index (χ1n) is 8.70. The summed E-state index contributed by atoms with van der Waals surface area (Å²) in [5.41, 5.74) is 2.05. The van der Waals surface area contributed by atoms with E-state index in [1.165, 1.54) is 5.56 Å². The number of aryl methyl sites for hydroxylation is 1. The number of benzene rings is 2. The van der Waals surface area contributed by atoms with E-state index in [-0.39, 0.29) is 10.7 Å². The summed E-state index contributed by atoms with van der Waals surface area (Å²) in [4.78, 5) is 2.27. The summed E-state index contributed by atoms with van der Waals surface area (Å²) in [6.45, 7) is 5.36. The topological polar surface area (TPSA) is 75.2 Å². The third-order valence-electron chi connectivity index (χ3n) is 4.11. The third-order valence-corrected chi connectivity index (χ3v) is 5.46. The first-order valence-corrected chi connectivity index (χ1v) is 10.2. The molecule has 2 aromatic carbocycles. The van der Waals surface area contributed by atoms with E-state index in [9.17, 15) is 8.42 Å². The van der Waals surface area contributed by atoms with Crippen molar-refractivity contribution in [3.63, 3.8) is 0 Å². The maximum absolute atomic E-state index is 12.5. The molecule has 0 radical (unpaired) electrons. The highest BCUT2D eigenvalue weighted by atomic mass is 32.2. The Labute approximate surface area is 159 Å². The number of nitrogens with zero attached hydrogens (tertiary/aromatic N) is 3. The van der Waals surface area contributed by atoms with E-state index in [0.29, 0.717) is 12.4 Å². The first-order chi connectivity index (χ1) is 13.0. The Balaban J connectivity index is 1.74. The maximum Gasteiger partial charge on any atom is 0.263 e. The SMILES string of the molecule is CCN(Cc1ccccc1)c1ccc(NS(=O)(=O)c2cccc(C)c2)nn1. The second-order valence-electron chi connectivity index (χ2n) is 6.20. The van der Waals surface area contributed by atoms with Crippen LogP contribution in [-0.2, 0) is 16.6 Å². The Morgan fingerprint density at radius 1 is 0.963 bits per heavy atom. The summed E-state index contributed by atoms with van der Waals surface area (Å²) in [5, 5.41) is 8.23. The summed E-state index contributed by atoms with van der Waals surface area (Å²) in [6, 6.07) is 20.2. The van der Waals surface area contributed by atoms with Crippen LogP contribution < -0.4 is 9.62 Å². The molecule has 27 heavy (non-hydrogen) atoms. The maximum atomic E-state index is 12.5. The van der Waals surface area contributed by atoms with Gasteiger partial charge in [-0.05, 0) is 49.2 Å². The number of sulfonamides is 1. The van der Waals surface area contributed by atoms with E-state index in [1.54, 1.807) is 30.3 Å². The van der Waals surface area contributed by atoms with Crippen LogP contribution in [0.5, 0.6) is 0 Å². The largest absolute Gasteiger partial charge is 0.351 e. The smallest absolute Gasteiger partial charge is 0.263 e. The van der Waals surface area contributed by atoms with Gasteiger partial charge in [-0.3, -0.25) is 4.72 Å². The lowest BCUT2D eigenvalue weighted by Crippen LogP contribution is -2.23. The second kappa shape index (κ2) is 8.18. The molecule has 0 aliphatic carbocycles. The molecule has 3 aromatic rings. The normalized spacial score (nSPS) is 11.2. The van der Waals surface area contributed by atoms with E-state index in [4.69, 9.17) is 0 Å². The van der Waals surface area contributed by atoms with Crippen molar-refractivity contribution in [1.82, 2.24) is 10.2 Å². The van der Waals surface area contributed by atoms with Crippen LogP contribution in [0.4, 0.5) is 11.6 Å². The molecule has 0 amide bonds. The molecule has 140 valence electrons. The monoisotopic (exact) mass is 382 g/mol. The van der Waals surface area contributed by atoms with Gasteiger partial charge in [-0.2, -0.15) is 0 Å². The lowest BCUT2D eigenvalue weighted by molar-refractivity contribution is 0.601. The van der Waals surface area contributed by atoms with Crippen LogP contribution in [0.3, 0.4) is 0 Å². The fourth-order valence-corrected chi connectivity index (χ4v) is 3.79. The quantitative estimate of drug-likeness (QED) is 0.676. The fraction of sp³-hybridized carbons (Fsp3) is 0.200. The summed E-state index contributed by atoms with van der Waals surface area (Å²) < 4.78 is 27.4. The molecule has 0 saturated carbocycles. The summed E-state index contributed by atoms with van der Waals surface area (Å²) >= 11 is 0. The molecule has 0 bridgehead atoms. The number of nitrogens with one attached hydrogen (secondary N) is 1. The second-order valence-corrected chi connectivity index (χ2v) is 7.88. The van der Waals surface area contributed by atoms with E-state index in [1.807, 2.05) is 38.1 Å². The number of anilines is 2. The van der Waals surface area contributed by atoms with Crippen molar-refractivity contribution in [2.45, 2.75) is 25.3 Å². The Hall–Kier alpha value is -2.93. The summed E-state index contributed by atoms with van der Waals surface area (Å²) in [5.74, 6) is 0.885. The van der Waals surface area contributed by atoms with Crippen LogP contribution in [0, 0.1) is 6.92 Å². The molecule has 7 heteroatoms. The molecular weight excluding hydrogens is 360 g/mol. The minimum atomic E-state index is -3.69. The van der Waals surface area contributed by atoms with Gasteiger partial charge in [0.2, 0.25) is 0 Å². The molecule has 1 N–H and O–H groups in total. The van der Waals surface area contributed by atoms with Gasteiger partial charge in [0.1, 0.15) is 0 Å². The fourth-order valence-electron chi connectivity index (χ4n) is 2.69. The van der Waals surface area contributed by atoms with Crippen molar-refractivity contribution >= 4 is 21.7 Å². The Morgan fingerprint density at radius 2 is 1.74 bits per heavy atom. The summed E-state index contributed by atoms with van der Waals surface area (Å²) in [6.07, 6.45) is 0. The average molecular weight is 382 g/mol. The Morgan fingerprint density at radius 3 is 2.37 bits per heavy atom. The highest BCUT2D eigenvalue weighted by Crippen LogP contribution is 2.18. The highest BCUT2D eigenvalue weighted by molar-refractivity contribution is 7.92. The molecule has 0 unspecified atom stereocenters. The van der Waals surface area contributed by atoms with E-state index >= 15 is 0 Å². The van der Waals surface area contributed by atoms with Gasteiger partial charge < -0.3 is 4.90 Å². The molecule has 3 rings (SSSR count). The zero-order chi connectivity index (χ0) is 19.3. The molecular formula is C20H22N4O2S. The molecule has 0 aliphatic heterocycles. The van der Waals surface area contributed by atoms with Crippen LogP contribution in [0.15, 0.2) is 71.6 Å². The van der Waals surface area contributed by atoms with Gasteiger partial charge in [0.25, 0.3) is 10.0 Å². The van der Waals surface area contributed by atoms with Crippen LogP contribution in [0.25, 0.3) is 0 Å². The number of hydrogen-bond donors (Lipinski definition) is 1. The molecule has 0 aliphatic rings. The van der Waals surface area contributed by atoms with Gasteiger partial charge >= 0.3 is 0 Å². The number of rotatable bonds is 7. The van der Waals surface area contributed by atoms with E-state index in [0.717, 1.165) is 12.1 Å². The molecule has 1 heterocycles. The summed E-state index contributed by atoms with van der Waals surface area (Å²) in [7, 11) is -3.69. The first kappa shape index (κ1) is 18.8. The van der Waals surface area contributed by atoms with Gasteiger partial charge in [0.15, 0.2) is 11.6 Å². The van der Waals surface area contributed by atoms with Gasteiger partial charge in [-0.25, -0.2) is 8.42 Å². The zero-order valence-corrected chi connectivity index (χ0v) is 16.1. The molecule has 0 saturated heterocycles. The van der Waals surface area contributed by atoms with Crippen molar-refractivity contribution < 1.29 is 8.42 Å². The van der Waals surface area contributed by atoms with E-state index in [2.05, 4.69) is 32.0 Å². The predicted octanol–water partition coefficient (Wildman–Crippen LogP) is 3.61.